The van der Waals surface area contributed by atoms with E-state index in [0.717, 1.165) is 33.1 Å². The molecular weight excluding hydrogens is 725 g/mol. The first-order valence-electron chi connectivity index (χ1n) is 20.7. The van der Waals surface area contributed by atoms with Gasteiger partial charge in [-0.3, -0.25) is 0 Å². The molecule has 1 heteroatoms. The lowest BCUT2D eigenvalue weighted by molar-refractivity contribution is 0.670. The van der Waals surface area contributed by atoms with Gasteiger partial charge in [-0.05, 0) is 95.7 Å². The van der Waals surface area contributed by atoms with Gasteiger partial charge in [-0.25, -0.2) is 0 Å². The molecule has 0 amide bonds. The quantitative estimate of drug-likeness (QED) is 0.140. The third-order valence-electron chi connectivity index (χ3n) is 12.0. The minimum Gasteiger partial charge on any atom is -0.455 e. The fourth-order valence-corrected chi connectivity index (χ4v) is 9.11. The van der Waals surface area contributed by atoms with Crippen LogP contribution in [0.3, 0.4) is 0 Å². The Morgan fingerprint density at radius 3 is 1.53 bits per heavy atom. The van der Waals surface area contributed by atoms with Crippen LogP contribution in [0, 0.1) is 0 Å². The summed E-state index contributed by atoms with van der Waals surface area (Å²) in [5.41, 5.74) is 17.5. The van der Waals surface area contributed by atoms with Crippen LogP contribution in [0.25, 0.3) is 88.3 Å². The molecule has 0 aliphatic heterocycles. The standard InChI is InChI=1S/C59H40O/c1-3-15-40(16-4-1)44-19-11-20-45(37-44)41-31-33-43(34-32-41)58(55-36-35-50(42-17-5-2-6-18-42)52-25-7-8-26-53(52)55)49-24-13-22-47(39-49)46-21-12-23-48(38-46)51-28-14-29-56-54-27-9-10-30-57(54)60-59(51)56/h1-39,58H. The monoisotopic (exact) mass is 764 g/mol. The van der Waals surface area contributed by atoms with E-state index in [1.165, 1.54) is 72.0 Å². The van der Waals surface area contributed by atoms with E-state index >= 15 is 0 Å². The Kier molecular flexibility index (Phi) is 8.98. The van der Waals surface area contributed by atoms with Crippen LogP contribution < -0.4 is 0 Å². The van der Waals surface area contributed by atoms with Gasteiger partial charge in [0, 0.05) is 22.3 Å². The number of hydrogen-bond donors (Lipinski definition) is 0. The van der Waals surface area contributed by atoms with Crippen molar-refractivity contribution in [2.24, 2.45) is 0 Å². The Labute approximate surface area is 350 Å². The van der Waals surface area contributed by atoms with E-state index < -0.39 is 0 Å². The molecule has 0 radical (unpaired) electrons. The van der Waals surface area contributed by atoms with Crippen LogP contribution in [0.4, 0.5) is 0 Å². The predicted molar refractivity (Wildman–Crippen MR) is 252 cm³/mol. The molecule has 0 saturated heterocycles. The molecule has 282 valence electrons. The highest BCUT2D eigenvalue weighted by molar-refractivity contribution is 6.09. The maximum absolute atomic E-state index is 6.47. The van der Waals surface area contributed by atoms with Crippen molar-refractivity contribution in [3.05, 3.63) is 253 Å². The molecule has 0 spiro atoms. The zero-order valence-electron chi connectivity index (χ0n) is 33.0. The summed E-state index contributed by atoms with van der Waals surface area (Å²) in [4.78, 5) is 0. The first-order chi connectivity index (χ1) is 29.7. The molecule has 1 nitrogen and oxygen atoms in total. The van der Waals surface area contributed by atoms with Gasteiger partial charge in [0.1, 0.15) is 11.2 Å². The van der Waals surface area contributed by atoms with E-state index in [1.807, 2.05) is 12.1 Å². The van der Waals surface area contributed by atoms with Crippen molar-refractivity contribution < 1.29 is 4.42 Å². The van der Waals surface area contributed by atoms with Gasteiger partial charge in [0.25, 0.3) is 0 Å². The summed E-state index contributed by atoms with van der Waals surface area (Å²) < 4.78 is 6.47. The van der Waals surface area contributed by atoms with Crippen molar-refractivity contribution in [2.75, 3.05) is 0 Å². The highest BCUT2D eigenvalue weighted by atomic mass is 16.3. The van der Waals surface area contributed by atoms with Gasteiger partial charge in [-0.2, -0.15) is 0 Å². The van der Waals surface area contributed by atoms with Gasteiger partial charge in [0.05, 0.1) is 0 Å². The summed E-state index contributed by atoms with van der Waals surface area (Å²) in [6, 6.07) is 85.8. The molecule has 10 aromatic carbocycles. The molecule has 0 aliphatic rings. The number of benzene rings is 10. The van der Waals surface area contributed by atoms with Gasteiger partial charge in [0.15, 0.2) is 0 Å². The van der Waals surface area contributed by atoms with Crippen molar-refractivity contribution in [3.63, 3.8) is 0 Å². The van der Waals surface area contributed by atoms with Crippen LogP contribution in [-0.2, 0) is 0 Å². The van der Waals surface area contributed by atoms with Crippen molar-refractivity contribution in [1.29, 1.82) is 0 Å². The van der Waals surface area contributed by atoms with Crippen molar-refractivity contribution in [3.8, 4) is 55.6 Å². The van der Waals surface area contributed by atoms with Gasteiger partial charge in [0.2, 0.25) is 0 Å². The van der Waals surface area contributed by atoms with Gasteiger partial charge >= 0.3 is 0 Å². The summed E-state index contributed by atoms with van der Waals surface area (Å²) in [5, 5.41) is 4.79. The largest absolute Gasteiger partial charge is 0.455 e. The van der Waals surface area contributed by atoms with Crippen LogP contribution in [0.15, 0.2) is 241 Å². The second kappa shape index (κ2) is 15.2. The molecule has 1 aromatic heterocycles. The smallest absolute Gasteiger partial charge is 0.143 e. The number of rotatable bonds is 8. The first kappa shape index (κ1) is 35.4. The molecule has 1 atom stereocenters. The summed E-state index contributed by atoms with van der Waals surface area (Å²) in [7, 11) is 0. The zero-order valence-corrected chi connectivity index (χ0v) is 33.0. The topological polar surface area (TPSA) is 13.1 Å². The first-order valence-corrected chi connectivity index (χ1v) is 20.7. The maximum Gasteiger partial charge on any atom is 0.143 e. The Balaban J connectivity index is 1.03. The fraction of sp³-hybridized carbons (Fsp3) is 0.0169. The second-order valence-electron chi connectivity index (χ2n) is 15.6. The minimum atomic E-state index is -0.0168. The van der Waals surface area contributed by atoms with Gasteiger partial charge in [-0.1, -0.05) is 218 Å². The summed E-state index contributed by atoms with van der Waals surface area (Å²) in [6.07, 6.45) is 0. The third-order valence-corrected chi connectivity index (χ3v) is 12.0. The molecule has 60 heavy (non-hydrogen) atoms. The van der Waals surface area contributed by atoms with E-state index in [0.29, 0.717) is 0 Å². The van der Waals surface area contributed by atoms with Crippen molar-refractivity contribution in [2.45, 2.75) is 5.92 Å². The molecule has 0 N–H and O–H groups in total. The molecule has 0 saturated carbocycles. The number of para-hydroxylation sites is 2. The molecule has 11 rings (SSSR count). The predicted octanol–water partition coefficient (Wildman–Crippen LogP) is 16.3. The summed E-state index contributed by atoms with van der Waals surface area (Å²) >= 11 is 0. The van der Waals surface area contributed by atoms with Gasteiger partial charge in [-0.15, -0.1) is 0 Å². The van der Waals surface area contributed by atoms with E-state index in [-0.39, 0.29) is 5.92 Å². The molecule has 11 aromatic rings. The Morgan fingerprint density at radius 1 is 0.267 bits per heavy atom. The Morgan fingerprint density at radius 2 is 0.783 bits per heavy atom. The Hall–Kier alpha value is -7.74. The third kappa shape index (κ3) is 6.47. The SMILES string of the molecule is c1ccc(-c2cccc(-c3ccc(C(c4cccc(-c5cccc(-c6cccc7c6oc6ccccc67)c5)c4)c4ccc(-c5ccccc5)c5ccccc45)cc3)c2)cc1. The van der Waals surface area contributed by atoms with E-state index in [1.54, 1.807) is 0 Å². The van der Waals surface area contributed by atoms with Crippen LogP contribution >= 0.6 is 0 Å². The van der Waals surface area contributed by atoms with E-state index in [4.69, 9.17) is 4.42 Å². The van der Waals surface area contributed by atoms with Gasteiger partial charge < -0.3 is 4.42 Å². The molecule has 0 aliphatic carbocycles. The average molecular weight is 765 g/mol. The van der Waals surface area contributed by atoms with E-state index in [9.17, 15) is 0 Å². The van der Waals surface area contributed by atoms with Crippen molar-refractivity contribution >= 4 is 32.7 Å². The van der Waals surface area contributed by atoms with Crippen LogP contribution in [-0.4, -0.2) is 0 Å². The van der Waals surface area contributed by atoms with E-state index in [2.05, 4.69) is 224 Å². The maximum atomic E-state index is 6.47. The van der Waals surface area contributed by atoms with Crippen molar-refractivity contribution in [1.82, 2.24) is 0 Å². The number of furan rings is 1. The highest BCUT2D eigenvalue weighted by Crippen LogP contribution is 2.42. The van der Waals surface area contributed by atoms with Crippen LogP contribution in [0.1, 0.15) is 22.6 Å². The molecule has 0 bridgehead atoms. The molecule has 1 heterocycles. The lowest BCUT2D eigenvalue weighted by Crippen LogP contribution is -2.05. The zero-order chi connectivity index (χ0) is 39.8. The van der Waals surface area contributed by atoms with Crippen LogP contribution in [0.5, 0.6) is 0 Å². The average Bonchev–Trinajstić information content (AvgIpc) is 3.72. The highest BCUT2D eigenvalue weighted by Gasteiger charge is 2.22. The normalized spacial score (nSPS) is 11.9. The molecule has 1 unspecified atom stereocenters. The minimum absolute atomic E-state index is 0.0168. The molecular formula is C59H40O. The lowest BCUT2D eigenvalue weighted by atomic mass is 9.80. The number of hydrogen-bond acceptors (Lipinski definition) is 1. The molecule has 0 fully saturated rings. The lowest BCUT2D eigenvalue weighted by Gasteiger charge is -2.23. The summed E-state index contributed by atoms with van der Waals surface area (Å²) in [6.45, 7) is 0. The Bertz CT molecular complexity index is 3300. The summed E-state index contributed by atoms with van der Waals surface area (Å²) in [5.74, 6) is -0.0168. The van der Waals surface area contributed by atoms with Crippen LogP contribution in [0.2, 0.25) is 0 Å². The second-order valence-corrected chi connectivity index (χ2v) is 15.6. The fourth-order valence-electron chi connectivity index (χ4n) is 9.11. The number of fused-ring (bicyclic) bond motifs is 4.